The number of unbranched alkanes of at least 4 members (excludes halogenated alkanes) is 1. The summed E-state index contributed by atoms with van der Waals surface area (Å²) in [5.41, 5.74) is 4.60. The first-order chi connectivity index (χ1) is 8.37. The van der Waals surface area contributed by atoms with Gasteiger partial charge in [-0.1, -0.05) is 19.8 Å². The second-order valence-electron chi connectivity index (χ2n) is 4.52. The average molecular weight is 257 g/mol. The van der Waals surface area contributed by atoms with Gasteiger partial charge < -0.3 is 10.8 Å². The Balaban J connectivity index is 2.92. The van der Waals surface area contributed by atoms with E-state index in [1.165, 1.54) is 0 Å². The lowest BCUT2D eigenvalue weighted by atomic mass is 9.87. The van der Waals surface area contributed by atoms with E-state index in [9.17, 15) is 13.6 Å². The molecule has 18 heavy (non-hydrogen) atoms. The summed E-state index contributed by atoms with van der Waals surface area (Å²) < 4.78 is 26.1. The minimum atomic E-state index is -1.48. The van der Waals surface area contributed by atoms with Crippen molar-refractivity contribution in [2.45, 2.75) is 38.1 Å². The van der Waals surface area contributed by atoms with Gasteiger partial charge in [-0.25, -0.2) is 8.78 Å². The zero-order valence-electron chi connectivity index (χ0n) is 10.2. The van der Waals surface area contributed by atoms with E-state index in [2.05, 4.69) is 0 Å². The van der Waals surface area contributed by atoms with Gasteiger partial charge in [-0.05, 0) is 24.1 Å². The lowest BCUT2D eigenvalue weighted by Crippen LogP contribution is -2.49. The van der Waals surface area contributed by atoms with E-state index in [1.54, 1.807) is 0 Å². The van der Waals surface area contributed by atoms with Crippen LogP contribution in [0.3, 0.4) is 0 Å². The first-order valence-corrected chi connectivity index (χ1v) is 5.84. The number of rotatable bonds is 6. The standard InChI is InChI=1S/C13H17F2NO2/c1-2-3-4-13(16,12(17)18)8-9-5-10(14)7-11(15)6-9/h5-7H,2-4,8,16H2,1H3,(H,17,18). The molecule has 0 aliphatic rings. The third kappa shape index (κ3) is 3.77. The SMILES string of the molecule is CCCCC(N)(Cc1cc(F)cc(F)c1)C(=O)O. The van der Waals surface area contributed by atoms with Gasteiger partial charge in [0.05, 0.1) is 0 Å². The molecule has 5 heteroatoms. The van der Waals surface area contributed by atoms with E-state index in [4.69, 9.17) is 10.8 Å². The number of halogens is 2. The molecule has 0 saturated heterocycles. The van der Waals surface area contributed by atoms with E-state index in [0.717, 1.165) is 24.6 Å². The molecule has 0 aliphatic carbocycles. The van der Waals surface area contributed by atoms with Gasteiger partial charge in [-0.15, -0.1) is 0 Å². The van der Waals surface area contributed by atoms with Crippen molar-refractivity contribution in [1.29, 1.82) is 0 Å². The molecule has 0 aliphatic heterocycles. The summed E-state index contributed by atoms with van der Waals surface area (Å²) in [6.45, 7) is 1.92. The summed E-state index contributed by atoms with van der Waals surface area (Å²) >= 11 is 0. The van der Waals surface area contributed by atoms with Crippen molar-refractivity contribution in [3.8, 4) is 0 Å². The molecule has 0 spiro atoms. The van der Waals surface area contributed by atoms with Crippen molar-refractivity contribution in [3.63, 3.8) is 0 Å². The Kier molecular flexibility index (Phi) is 4.78. The van der Waals surface area contributed by atoms with Crippen LogP contribution in [0.4, 0.5) is 8.78 Å². The summed E-state index contributed by atoms with van der Waals surface area (Å²) in [6.07, 6.45) is 1.65. The molecule has 1 aromatic rings. The normalized spacial score (nSPS) is 14.2. The second kappa shape index (κ2) is 5.91. The summed E-state index contributed by atoms with van der Waals surface area (Å²) in [6, 6.07) is 2.97. The van der Waals surface area contributed by atoms with Crippen molar-refractivity contribution < 1.29 is 18.7 Å². The number of carboxylic acid groups (broad SMARTS) is 1. The fourth-order valence-corrected chi connectivity index (χ4v) is 1.84. The fraction of sp³-hybridized carbons (Fsp3) is 0.462. The second-order valence-corrected chi connectivity index (χ2v) is 4.52. The zero-order valence-corrected chi connectivity index (χ0v) is 10.2. The van der Waals surface area contributed by atoms with Crippen molar-refractivity contribution in [2.24, 2.45) is 5.73 Å². The first-order valence-electron chi connectivity index (χ1n) is 5.84. The molecule has 0 amide bonds. The molecule has 1 unspecified atom stereocenters. The largest absolute Gasteiger partial charge is 0.480 e. The highest BCUT2D eigenvalue weighted by Crippen LogP contribution is 2.20. The molecule has 3 N–H and O–H groups in total. The number of nitrogens with two attached hydrogens (primary N) is 1. The zero-order chi connectivity index (χ0) is 13.8. The van der Waals surface area contributed by atoms with E-state index < -0.39 is 23.1 Å². The predicted octanol–water partition coefficient (Wildman–Crippen LogP) is 2.48. The summed E-state index contributed by atoms with van der Waals surface area (Å²) in [5.74, 6) is -2.61. The van der Waals surface area contributed by atoms with Gasteiger partial charge in [-0.2, -0.15) is 0 Å². The highest BCUT2D eigenvalue weighted by molar-refractivity contribution is 5.78. The van der Waals surface area contributed by atoms with Gasteiger partial charge in [0.2, 0.25) is 0 Å². The molecule has 0 aromatic heterocycles. The van der Waals surface area contributed by atoms with Crippen LogP contribution in [-0.2, 0) is 11.2 Å². The molecular weight excluding hydrogens is 240 g/mol. The van der Waals surface area contributed by atoms with Crippen LogP contribution < -0.4 is 5.73 Å². The summed E-state index contributed by atoms with van der Waals surface area (Å²) in [5, 5.41) is 9.15. The van der Waals surface area contributed by atoms with Gasteiger partial charge in [-0.3, -0.25) is 4.79 Å². The number of hydrogen-bond donors (Lipinski definition) is 2. The number of carboxylic acids is 1. The maximum absolute atomic E-state index is 13.0. The smallest absolute Gasteiger partial charge is 0.324 e. The van der Waals surface area contributed by atoms with Crippen molar-refractivity contribution in [2.75, 3.05) is 0 Å². The minimum Gasteiger partial charge on any atom is -0.480 e. The van der Waals surface area contributed by atoms with Crippen LogP contribution in [0.2, 0.25) is 0 Å². The molecule has 1 aromatic carbocycles. The Labute approximate surface area is 105 Å². The van der Waals surface area contributed by atoms with E-state index in [1.807, 2.05) is 6.92 Å². The Hall–Kier alpha value is -1.49. The molecule has 0 heterocycles. The van der Waals surface area contributed by atoms with Gasteiger partial charge in [0.25, 0.3) is 0 Å². The molecule has 3 nitrogen and oxygen atoms in total. The molecule has 0 radical (unpaired) electrons. The first kappa shape index (κ1) is 14.6. The highest BCUT2D eigenvalue weighted by Gasteiger charge is 2.33. The van der Waals surface area contributed by atoms with Crippen LogP contribution in [0.1, 0.15) is 31.7 Å². The van der Waals surface area contributed by atoms with Gasteiger partial charge in [0, 0.05) is 12.5 Å². The Morgan fingerprint density at radius 2 is 1.89 bits per heavy atom. The number of hydrogen-bond acceptors (Lipinski definition) is 2. The maximum Gasteiger partial charge on any atom is 0.324 e. The number of carbonyl (C=O) groups is 1. The monoisotopic (exact) mass is 257 g/mol. The minimum absolute atomic E-state index is 0.0863. The molecule has 1 atom stereocenters. The van der Waals surface area contributed by atoms with Gasteiger partial charge >= 0.3 is 5.97 Å². The fourth-order valence-electron chi connectivity index (χ4n) is 1.84. The average Bonchev–Trinajstić information content (AvgIpc) is 2.24. The van der Waals surface area contributed by atoms with Gasteiger partial charge in [0.15, 0.2) is 0 Å². The highest BCUT2D eigenvalue weighted by atomic mass is 19.1. The maximum atomic E-state index is 13.0. The van der Waals surface area contributed by atoms with Crippen molar-refractivity contribution in [3.05, 3.63) is 35.4 Å². The Morgan fingerprint density at radius 1 is 1.33 bits per heavy atom. The number of aliphatic carboxylic acids is 1. The number of benzene rings is 1. The molecule has 1 rings (SSSR count). The Morgan fingerprint density at radius 3 is 2.33 bits per heavy atom. The molecular formula is C13H17F2NO2. The molecule has 0 bridgehead atoms. The van der Waals surface area contributed by atoms with Crippen LogP contribution in [0.25, 0.3) is 0 Å². The third-order valence-corrected chi connectivity index (χ3v) is 2.84. The lowest BCUT2D eigenvalue weighted by Gasteiger charge is -2.24. The van der Waals surface area contributed by atoms with E-state index in [-0.39, 0.29) is 18.4 Å². The van der Waals surface area contributed by atoms with E-state index in [0.29, 0.717) is 6.42 Å². The van der Waals surface area contributed by atoms with Crippen LogP contribution in [0.15, 0.2) is 18.2 Å². The lowest BCUT2D eigenvalue weighted by molar-refractivity contribution is -0.143. The summed E-state index contributed by atoms with van der Waals surface area (Å²) in [7, 11) is 0. The predicted molar refractivity (Wildman–Crippen MR) is 64.1 cm³/mol. The quantitative estimate of drug-likeness (QED) is 0.823. The molecule has 0 saturated carbocycles. The van der Waals surface area contributed by atoms with Gasteiger partial charge in [0.1, 0.15) is 17.2 Å². The summed E-state index contributed by atoms with van der Waals surface area (Å²) in [4.78, 5) is 11.2. The van der Waals surface area contributed by atoms with Crippen molar-refractivity contribution >= 4 is 5.97 Å². The molecule has 100 valence electrons. The van der Waals surface area contributed by atoms with E-state index >= 15 is 0 Å². The third-order valence-electron chi connectivity index (χ3n) is 2.84. The van der Waals surface area contributed by atoms with Crippen LogP contribution in [-0.4, -0.2) is 16.6 Å². The van der Waals surface area contributed by atoms with Crippen LogP contribution >= 0.6 is 0 Å². The molecule has 0 fully saturated rings. The van der Waals surface area contributed by atoms with Crippen LogP contribution in [0.5, 0.6) is 0 Å². The van der Waals surface area contributed by atoms with Crippen LogP contribution in [0, 0.1) is 11.6 Å². The topological polar surface area (TPSA) is 63.3 Å². The Bertz CT molecular complexity index is 417. The van der Waals surface area contributed by atoms with Crippen molar-refractivity contribution in [1.82, 2.24) is 0 Å².